The van der Waals surface area contributed by atoms with Crippen molar-refractivity contribution in [3.05, 3.63) is 0 Å². The average molecular weight is 316 g/mol. The Balaban J connectivity index is 2.21. The molecule has 2 aliphatic rings. The van der Waals surface area contributed by atoms with Gasteiger partial charge in [0.15, 0.2) is 9.84 Å². The van der Waals surface area contributed by atoms with Gasteiger partial charge in [-0.25, -0.2) is 8.42 Å². The lowest BCUT2D eigenvalue weighted by molar-refractivity contribution is -0.155. The molecule has 1 N–H and O–H groups in total. The molecular formula is C14H24N2O4S. The van der Waals surface area contributed by atoms with Crippen molar-refractivity contribution in [1.29, 1.82) is 0 Å². The second-order valence-electron chi connectivity index (χ2n) is 6.12. The van der Waals surface area contributed by atoms with Crippen LogP contribution in [0.4, 0.5) is 0 Å². The summed E-state index contributed by atoms with van der Waals surface area (Å²) in [5, 5.41) is 2.87. The molecule has 7 heteroatoms. The van der Waals surface area contributed by atoms with E-state index < -0.39 is 21.4 Å². The van der Waals surface area contributed by atoms with Crippen LogP contribution in [0.1, 0.15) is 40.0 Å². The summed E-state index contributed by atoms with van der Waals surface area (Å²) in [6, 6.07) is -0.559. The molecule has 0 aromatic rings. The summed E-state index contributed by atoms with van der Waals surface area (Å²) in [6.07, 6.45) is 2.35. The van der Waals surface area contributed by atoms with Crippen LogP contribution in [0.25, 0.3) is 0 Å². The monoisotopic (exact) mass is 316 g/mol. The molecule has 2 atom stereocenters. The van der Waals surface area contributed by atoms with Gasteiger partial charge in [-0.1, -0.05) is 13.8 Å². The molecule has 2 unspecified atom stereocenters. The molecule has 2 fully saturated rings. The Morgan fingerprint density at radius 3 is 2.38 bits per heavy atom. The zero-order valence-corrected chi connectivity index (χ0v) is 13.7. The molecule has 1 heterocycles. The van der Waals surface area contributed by atoms with Gasteiger partial charge in [-0.05, 0) is 32.1 Å². The lowest BCUT2D eigenvalue weighted by Crippen LogP contribution is -2.70. The highest BCUT2D eigenvalue weighted by molar-refractivity contribution is 7.91. The Labute approximate surface area is 126 Å². The van der Waals surface area contributed by atoms with Gasteiger partial charge in [0, 0.05) is 12.3 Å². The van der Waals surface area contributed by atoms with E-state index in [9.17, 15) is 18.0 Å². The molecule has 21 heavy (non-hydrogen) atoms. The van der Waals surface area contributed by atoms with Gasteiger partial charge in [-0.2, -0.15) is 0 Å². The zero-order valence-electron chi connectivity index (χ0n) is 12.9. The first-order chi connectivity index (χ1) is 9.75. The van der Waals surface area contributed by atoms with Gasteiger partial charge in [0.05, 0.1) is 5.75 Å². The van der Waals surface area contributed by atoms with Gasteiger partial charge in [0.25, 0.3) is 0 Å². The van der Waals surface area contributed by atoms with Gasteiger partial charge in [0.2, 0.25) is 11.8 Å². The lowest BCUT2D eigenvalue weighted by atomic mass is 9.89. The predicted molar refractivity (Wildman–Crippen MR) is 79.4 cm³/mol. The van der Waals surface area contributed by atoms with Crippen molar-refractivity contribution in [1.82, 2.24) is 10.2 Å². The Kier molecular flexibility index (Phi) is 4.33. The molecule has 2 amide bonds. The SMILES string of the molecule is CCC1C(=O)NC(C)(C2CC2)C(=O)N1CCS(=O)(=O)CC. The van der Waals surface area contributed by atoms with Crippen LogP contribution >= 0.6 is 0 Å². The standard InChI is InChI=1S/C14H24N2O4S/c1-4-11-12(17)15-14(3,10-6-7-10)13(18)16(11)8-9-21(19,20)5-2/h10-11H,4-9H2,1-3H3,(H,15,17). The smallest absolute Gasteiger partial charge is 0.249 e. The van der Waals surface area contributed by atoms with Gasteiger partial charge >= 0.3 is 0 Å². The minimum absolute atomic E-state index is 0.0535. The van der Waals surface area contributed by atoms with Crippen LogP contribution in [0.15, 0.2) is 0 Å². The Morgan fingerprint density at radius 2 is 1.90 bits per heavy atom. The molecule has 0 spiro atoms. The maximum absolute atomic E-state index is 12.8. The largest absolute Gasteiger partial charge is 0.340 e. The Bertz CT molecular complexity index is 541. The molecule has 0 radical (unpaired) electrons. The predicted octanol–water partition coefficient (Wildman–Crippen LogP) is 0.327. The molecule has 1 aliphatic carbocycles. The summed E-state index contributed by atoms with van der Waals surface area (Å²) in [5.74, 6) is -0.155. The van der Waals surface area contributed by atoms with Gasteiger partial charge in [0.1, 0.15) is 11.6 Å². The van der Waals surface area contributed by atoms with E-state index in [1.54, 1.807) is 13.8 Å². The van der Waals surface area contributed by atoms with E-state index in [0.29, 0.717) is 6.42 Å². The summed E-state index contributed by atoms with van der Waals surface area (Å²) >= 11 is 0. The van der Waals surface area contributed by atoms with Crippen LogP contribution in [-0.4, -0.2) is 54.8 Å². The molecular weight excluding hydrogens is 292 g/mol. The summed E-state index contributed by atoms with van der Waals surface area (Å²) in [7, 11) is -3.16. The molecule has 2 rings (SSSR count). The number of hydrogen-bond donors (Lipinski definition) is 1. The van der Waals surface area contributed by atoms with E-state index in [1.165, 1.54) is 4.90 Å². The minimum Gasteiger partial charge on any atom is -0.340 e. The Hall–Kier alpha value is -1.11. The highest BCUT2D eigenvalue weighted by Crippen LogP contribution is 2.42. The highest BCUT2D eigenvalue weighted by Gasteiger charge is 2.54. The number of amides is 2. The van der Waals surface area contributed by atoms with E-state index in [2.05, 4.69) is 5.32 Å². The number of nitrogens with zero attached hydrogens (tertiary/aromatic N) is 1. The number of rotatable bonds is 6. The van der Waals surface area contributed by atoms with Crippen molar-refractivity contribution in [2.45, 2.75) is 51.6 Å². The van der Waals surface area contributed by atoms with Gasteiger partial charge in [-0.3, -0.25) is 9.59 Å². The van der Waals surface area contributed by atoms with Crippen molar-refractivity contribution in [3.63, 3.8) is 0 Å². The summed E-state index contributed by atoms with van der Waals surface area (Å²) < 4.78 is 23.4. The van der Waals surface area contributed by atoms with Crippen molar-refractivity contribution in [2.24, 2.45) is 5.92 Å². The summed E-state index contributed by atoms with van der Waals surface area (Å²) in [5.41, 5.74) is -0.862. The molecule has 1 saturated carbocycles. The maximum atomic E-state index is 12.8. The average Bonchev–Trinajstić information content (AvgIpc) is 3.26. The number of carbonyl (C=O) groups is 2. The number of carbonyl (C=O) groups excluding carboxylic acids is 2. The first kappa shape index (κ1) is 16.3. The van der Waals surface area contributed by atoms with Crippen molar-refractivity contribution < 1.29 is 18.0 Å². The van der Waals surface area contributed by atoms with E-state index in [0.717, 1.165) is 12.8 Å². The highest BCUT2D eigenvalue weighted by atomic mass is 32.2. The van der Waals surface area contributed by atoms with Crippen molar-refractivity contribution in [2.75, 3.05) is 18.1 Å². The number of piperazine rings is 1. The first-order valence-corrected chi connectivity index (χ1v) is 9.40. The Morgan fingerprint density at radius 1 is 1.29 bits per heavy atom. The first-order valence-electron chi connectivity index (χ1n) is 7.58. The molecule has 0 bridgehead atoms. The normalized spacial score (nSPS) is 30.4. The van der Waals surface area contributed by atoms with Crippen LogP contribution in [0, 0.1) is 5.92 Å². The number of sulfone groups is 1. The fourth-order valence-electron chi connectivity index (χ4n) is 2.96. The third-order valence-electron chi connectivity index (χ3n) is 4.63. The zero-order chi connectivity index (χ0) is 15.8. The lowest BCUT2D eigenvalue weighted by Gasteiger charge is -2.44. The van der Waals surface area contributed by atoms with Crippen LogP contribution in [0.3, 0.4) is 0 Å². The maximum Gasteiger partial charge on any atom is 0.249 e. The molecule has 0 aromatic heterocycles. The third kappa shape index (κ3) is 3.07. The van der Waals surface area contributed by atoms with E-state index in [1.807, 2.05) is 6.92 Å². The van der Waals surface area contributed by atoms with Crippen molar-refractivity contribution in [3.8, 4) is 0 Å². The number of nitrogens with one attached hydrogen (secondary N) is 1. The molecule has 120 valence electrons. The second-order valence-corrected chi connectivity index (χ2v) is 8.60. The van der Waals surface area contributed by atoms with Crippen molar-refractivity contribution >= 4 is 21.7 Å². The molecule has 0 aromatic carbocycles. The van der Waals surface area contributed by atoms with Gasteiger partial charge < -0.3 is 10.2 Å². The summed E-state index contributed by atoms with van der Waals surface area (Å²) in [4.78, 5) is 26.5. The van der Waals surface area contributed by atoms with Gasteiger partial charge in [-0.15, -0.1) is 0 Å². The minimum atomic E-state index is -3.16. The van der Waals surface area contributed by atoms with E-state index in [4.69, 9.17) is 0 Å². The van der Waals surface area contributed by atoms with Crippen LogP contribution in [0.2, 0.25) is 0 Å². The molecule has 6 nitrogen and oxygen atoms in total. The number of hydrogen-bond acceptors (Lipinski definition) is 4. The fraction of sp³-hybridized carbons (Fsp3) is 0.857. The second kappa shape index (κ2) is 5.59. The topological polar surface area (TPSA) is 83.6 Å². The van der Waals surface area contributed by atoms with E-state index in [-0.39, 0.29) is 35.8 Å². The van der Waals surface area contributed by atoms with E-state index >= 15 is 0 Å². The van der Waals surface area contributed by atoms with Crippen LogP contribution in [-0.2, 0) is 19.4 Å². The summed E-state index contributed by atoms with van der Waals surface area (Å²) in [6.45, 7) is 5.28. The quantitative estimate of drug-likeness (QED) is 0.765. The van der Waals surface area contributed by atoms with Crippen LogP contribution in [0.5, 0.6) is 0 Å². The van der Waals surface area contributed by atoms with Crippen LogP contribution < -0.4 is 5.32 Å². The fourth-order valence-corrected chi connectivity index (χ4v) is 3.72. The third-order valence-corrected chi connectivity index (χ3v) is 6.31. The molecule has 1 aliphatic heterocycles. The molecule has 1 saturated heterocycles.